The molecule has 2 aliphatic carbocycles. The summed E-state index contributed by atoms with van der Waals surface area (Å²) in [5.74, 6) is -0.143. The lowest BCUT2D eigenvalue weighted by atomic mass is 9.95. The molecule has 5 rings (SSSR count). The smallest absolute Gasteiger partial charge is 0.249 e. The fourth-order valence-electron chi connectivity index (χ4n) is 4.61. The van der Waals surface area contributed by atoms with E-state index in [4.69, 9.17) is 5.73 Å². The molecule has 142 valence electrons. The van der Waals surface area contributed by atoms with Gasteiger partial charge in [0.25, 0.3) is 0 Å². The molecule has 0 unspecified atom stereocenters. The molecule has 2 N–H and O–H groups in total. The van der Waals surface area contributed by atoms with E-state index in [-0.39, 0.29) is 29.8 Å². The third kappa shape index (κ3) is 2.65. The number of nitrogens with zero attached hydrogens (tertiary/aromatic N) is 3. The Kier molecular flexibility index (Phi) is 3.54. The van der Waals surface area contributed by atoms with Crippen LogP contribution >= 0.6 is 0 Å². The summed E-state index contributed by atoms with van der Waals surface area (Å²) in [6.07, 6.45) is 4.13. The molecule has 6 heteroatoms. The van der Waals surface area contributed by atoms with Gasteiger partial charge < -0.3 is 10.6 Å². The van der Waals surface area contributed by atoms with Crippen LogP contribution in [0, 0.1) is 17.2 Å². The van der Waals surface area contributed by atoms with E-state index in [2.05, 4.69) is 18.0 Å². The first-order chi connectivity index (χ1) is 13.4. The molecule has 1 saturated heterocycles. The summed E-state index contributed by atoms with van der Waals surface area (Å²) in [4.78, 5) is 31.3. The number of likely N-dealkylation sites (tertiary alicyclic amines) is 1. The number of primary amides is 1. The van der Waals surface area contributed by atoms with Gasteiger partial charge in [-0.2, -0.15) is 5.26 Å². The topological polar surface area (TPSA) is 100 Å². The molecule has 6 nitrogen and oxygen atoms in total. The van der Waals surface area contributed by atoms with E-state index in [0.29, 0.717) is 22.7 Å². The molecule has 2 aromatic rings. The summed E-state index contributed by atoms with van der Waals surface area (Å²) in [6.45, 7) is 2.22. The van der Waals surface area contributed by atoms with Crippen molar-refractivity contribution < 1.29 is 9.59 Å². The van der Waals surface area contributed by atoms with E-state index in [1.54, 1.807) is 11.0 Å². The van der Waals surface area contributed by atoms with Crippen LogP contribution in [-0.2, 0) is 16.6 Å². The van der Waals surface area contributed by atoms with Crippen molar-refractivity contribution in [2.75, 3.05) is 0 Å². The van der Waals surface area contributed by atoms with Gasteiger partial charge in [0.1, 0.15) is 6.04 Å². The number of hydrogen-bond donors (Lipinski definition) is 1. The monoisotopic (exact) mass is 374 g/mol. The van der Waals surface area contributed by atoms with Gasteiger partial charge in [0.15, 0.2) is 0 Å². The maximum Gasteiger partial charge on any atom is 0.249 e. The molecule has 2 saturated carbocycles. The average molecular weight is 374 g/mol. The van der Waals surface area contributed by atoms with E-state index in [0.717, 1.165) is 31.1 Å². The normalized spacial score (nSPS) is 26.6. The first kappa shape index (κ1) is 17.2. The molecular formula is C22H22N4O2. The number of carbonyl (C=O) groups excluding carboxylic acids is 2. The number of aromatic nitrogens is 1. The second-order valence-corrected chi connectivity index (χ2v) is 8.74. The van der Waals surface area contributed by atoms with Crippen molar-refractivity contribution >= 4 is 22.7 Å². The number of benzene rings is 1. The quantitative estimate of drug-likeness (QED) is 0.888. The molecule has 2 heterocycles. The standard InChI is InChI=1S/C22H22N4O2/c1-22(4-5-22)13-2-3-16-17(21(24)28)9-14(25-18(16)8-13)10-20(27)26-15(11-23)6-12-7-19(12)26/h2-3,8-9,12,15,19H,4-7,10H2,1H3,(H2,24,28)/t12-,15+,19+/m1/s1. The molecule has 1 aromatic carbocycles. The van der Waals surface area contributed by atoms with Crippen LogP contribution in [0.15, 0.2) is 24.3 Å². The number of carbonyl (C=O) groups is 2. The van der Waals surface area contributed by atoms with Crippen molar-refractivity contribution in [3.63, 3.8) is 0 Å². The Labute approximate surface area is 163 Å². The Morgan fingerprint density at radius 3 is 2.79 bits per heavy atom. The number of nitrogens with two attached hydrogens (primary N) is 1. The summed E-state index contributed by atoms with van der Waals surface area (Å²) in [6, 6.07) is 9.71. The molecule has 2 amide bonds. The Hall–Kier alpha value is -2.94. The number of hydrogen-bond acceptors (Lipinski definition) is 4. The number of piperidine rings is 1. The zero-order valence-electron chi connectivity index (χ0n) is 15.8. The van der Waals surface area contributed by atoms with Gasteiger partial charge in [-0.25, -0.2) is 0 Å². The lowest BCUT2D eigenvalue weighted by Crippen LogP contribution is -2.38. The number of nitriles is 1. The van der Waals surface area contributed by atoms with E-state index in [1.807, 2.05) is 18.2 Å². The molecule has 0 bridgehead atoms. The zero-order chi connectivity index (χ0) is 19.6. The SMILES string of the molecule is CC1(c2ccc3c(C(N)=O)cc(CC(=O)N4[C@H](C#N)C[C@@H]5C[C@@H]54)nc3c2)CC1. The summed E-state index contributed by atoms with van der Waals surface area (Å²) in [7, 11) is 0. The number of fused-ring (bicyclic) bond motifs is 2. The fraction of sp³-hybridized carbons (Fsp3) is 0.455. The van der Waals surface area contributed by atoms with E-state index in [9.17, 15) is 14.9 Å². The highest BCUT2D eigenvalue weighted by atomic mass is 16.2. The summed E-state index contributed by atoms with van der Waals surface area (Å²) < 4.78 is 0. The molecule has 1 aliphatic heterocycles. The molecule has 0 spiro atoms. The van der Waals surface area contributed by atoms with Crippen LogP contribution in [0.5, 0.6) is 0 Å². The van der Waals surface area contributed by atoms with Crippen molar-refractivity contribution in [1.29, 1.82) is 5.26 Å². The van der Waals surface area contributed by atoms with Crippen LogP contribution in [0.2, 0.25) is 0 Å². The summed E-state index contributed by atoms with van der Waals surface area (Å²) >= 11 is 0. The van der Waals surface area contributed by atoms with Crippen molar-refractivity contribution in [3.05, 3.63) is 41.1 Å². The average Bonchev–Trinajstić information content (AvgIpc) is 3.58. The lowest BCUT2D eigenvalue weighted by Gasteiger charge is -2.22. The Balaban J connectivity index is 1.51. The van der Waals surface area contributed by atoms with Gasteiger partial charge in [0.05, 0.1) is 29.3 Å². The largest absolute Gasteiger partial charge is 0.366 e. The molecule has 1 aromatic heterocycles. The Bertz CT molecular complexity index is 1070. The summed E-state index contributed by atoms with van der Waals surface area (Å²) in [5, 5.41) is 10.1. The van der Waals surface area contributed by atoms with Crippen LogP contribution < -0.4 is 5.73 Å². The number of amides is 2. The maximum absolute atomic E-state index is 12.9. The highest BCUT2D eigenvalue weighted by Gasteiger charge is 2.54. The second kappa shape index (κ2) is 5.78. The molecule has 3 aliphatic rings. The fourth-order valence-corrected chi connectivity index (χ4v) is 4.61. The maximum atomic E-state index is 12.9. The molecule has 3 fully saturated rings. The minimum atomic E-state index is -0.523. The highest BCUT2D eigenvalue weighted by molar-refractivity contribution is 6.05. The van der Waals surface area contributed by atoms with Gasteiger partial charge in [0, 0.05) is 11.4 Å². The predicted octanol–water partition coefficient (Wildman–Crippen LogP) is 2.44. The molecular weight excluding hydrogens is 352 g/mol. The second-order valence-electron chi connectivity index (χ2n) is 8.74. The lowest BCUT2D eigenvalue weighted by molar-refractivity contribution is -0.131. The minimum absolute atomic E-state index is 0.0825. The van der Waals surface area contributed by atoms with Gasteiger partial charge in [-0.3, -0.25) is 14.6 Å². The molecule has 28 heavy (non-hydrogen) atoms. The molecule has 0 radical (unpaired) electrons. The van der Waals surface area contributed by atoms with Crippen LogP contribution in [0.4, 0.5) is 0 Å². The first-order valence-electron chi connectivity index (χ1n) is 9.84. The van der Waals surface area contributed by atoms with Crippen LogP contribution in [-0.4, -0.2) is 33.8 Å². The van der Waals surface area contributed by atoms with E-state index < -0.39 is 5.91 Å². The van der Waals surface area contributed by atoms with Crippen LogP contribution in [0.1, 0.15) is 54.2 Å². The minimum Gasteiger partial charge on any atom is -0.366 e. The van der Waals surface area contributed by atoms with Crippen molar-refractivity contribution in [3.8, 4) is 6.07 Å². The Morgan fingerprint density at radius 2 is 2.11 bits per heavy atom. The number of pyridine rings is 1. The first-order valence-corrected chi connectivity index (χ1v) is 9.84. The van der Waals surface area contributed by atoms with E-state index >= 15 is 0 Å². The van der Waals surface area contributed by atoms with Gasteiger partial charge in [-0.1, -0.05) is 19.1 Å². The van der Waals surface area contributed by atoms with Crippen LogP contribution in [0.25, 0.3) is 10.9 Å². The Morgan fingerprint density at radius 1 is 1.32 bits per heavy atom. The van der Waals surface area contributed by atoms with Crippen molar-refractivity contribution in [1.82, 2.24) is 9.88 Å². The van der Waals surface area contributed by atoms with Gasteiger partial charge >= 0.3 is 0 Å². The third-order valence-electron chi connectivity index (χ3n) is 6.70. The van der Waals surface area contributed by atoms with Crippen molar-refractivity contribution in [2.45, 2.75) is 56.5 Å². The summed E-state index contributed by atoms with van der Waals surface area (Å²) in [5.41, 5.74) is 8.62. The van der Waals surface area contributed by atoms with E-state index in [1.165, 1.54) is 5.56 Å². The van der Waals surface area contributed by atoms with Crippen molar-refractivity contribution in [2.24, 2.45) is 11.7 Å². The molecule has 3 atom stereocenters. The van der Waals surface area contributed by atoms with Gasteiger partial charge in [-0.05, 0) is 54.7 Å². The number of rotatable bonds is 4. The zero-order valence-corrected chi connectivity index (χ0v) is 15.8. The van der Waals surface area contributed by atoms with Gasteiger partial charge in [-0.15, -0.1) is 0 Å². The van der Waals surface area contributed by atoms with Crippen LogP contribution in [0.3, 0.4) is 0 Å². The third-order valence-corrected chi connectivity index (χ3v) is 6.70. The predicted molar refractivity (Wildman–Crippen MR) is 103 cm³/mol. The van der Waals surface area contributed by atoms with Gasteiger partial charge in [0.2, 0.25) is 11.8 Å². The highest BCUT2D eigenvalue weighted by Crippen LogP contribution is 2.48.